The summed E-state index contributed by atoms with van der Waals surface area (Å²) in [6, 6.07) is 5.63. The molecule has 1 fully saturated rings. The average molecular weight is 454 g/mol. The molecule has 0 amide bonds. The first-order valence-corrected chi connectivity index (χ1v) is 11.0. The first-order chi connectivity index (χ1) is 15.6. The second kappa shape index (κ2) is 7.62. The van der Waals surface area contributed by atoms with Crippen molar-refractivity contribution >= 4 is 17.5 Å². The van der Waals surface area contributed by atoms with Crippen LogP contribution in [0.25, 0.3) is 11.4 Å². The highest BCUT2D eigenvalue weighted by atomic mass is 19.1. The van der Waals surface area contributed by atoms with E-state index in [2.05, 4.69) is 69.1 Å². The van der Waals surface area contributed by atoms with Crippen molar-refractivity contribution in [1.29, 1.82) is 0 Å². The van der Waals surface area contributed by atoms with E-state index in [0.717, 1.165) is 18.4 Å². The van der Waals surface area contributed by atoms with Gasteiger partial charge in [-0.1, -0.05) is 0 Å². The molecule has 0 bridgehead atoms. The number of rotatable bonds is 4. The summed E-state index contributed by atoms with van der Waals surface area (Å²) in [5, 5.41) is 21.9. The van der Waals surface area contributed by atoms with Gasteiger partial charge < -0.3 is 20.7 Å². The van der Waals surface area contributed by atoms with Gasteiger partial charge in [-0.2, -0.15) is 9.67 Å². The summed E-state index contributed by atoms with van der Waals surface area (Å²) < 4.78 is 22.1. The lowest BCUT2D eigenvalue weighted by atomic mass is 9.79. The van der Waals surface area contributed by atoms with Crippen LogP contribution in [0.4, 0.5) is 21.8 Å². The minimum atomic E-state index is -0.485. The fourth-order valence-electron chi connectivity index (χ4n) is 5.01. The second-order valence-electron chi connectivity index (χ2n) is 10.0. The fraction of sp³-hybridized carbons (Fsp3) is 0.500. The number of benzene rings is 1. The third-order valence-electron chi connectivity index (χ3n) is 5.89. The van der Waals surface area contributed by atoms with Crippen LogP contribution < -0.4 is 20.7 Å². The Bertz CT molecular complexity index is 1180. The molecular weight excluding hydrogens is 425 g/mol. The molecule has 174 valence electrons. The normalized spacial score (nSPS) is 21.0. The number of nitrogens with zero attached hydrogens (tertiary/aromatic N) is 6. The number of fused-ring (bicyclic) bond motifs is 3. The summed E-state index contributed by atoms with van der Waals surface area (Å²) in [6.45, 7) is 10.5. The summed E-state index contributed by atoms with van der Waals surface area (Å²) >= 11 is 0. The molecule has 0 saturated carbocycles. The summed E-state index contributed by atoms with van der Waals surface area (Å²) in [6.07, 6.45) is 2.58. The van der Waals surface area contributed by atoms with Crippen molar-refractivity contribution in [3.63, 3.8) is 0 Å². The maximum absolute atomic E-state index is 14.6. The van der Waals surface area contributed by atoms with E-state index < -0.39 is 5.82 Å². The topological polar surface area (TPSA) is 115 Å². The van der Waals surface area contributed by atoms with Crippen molar-refractivity contribution in [2.45, 2.75) is 70.8 Å². The summed E-state index contributed by atoms with van der Waals surface area (Å²) in [5.41, 5.74) is 1.33. The molecular formula is C22H28FN9O. The zero-order valence-corrected chi connectivity index (χ0v) is 19.3. The molecule has 5 rings (SSSR count). The van der Waals surface area contributed by atoms with Crippen molar-refractivity contribution in [1.82, 2.24) is 35.5 Å². The van der Waals surface area contributed by atoms with Crippen LogP contribution in [0.1, 0.15) is 53.7 Å². The molecule has 1 saturated heterocycles. The highest BCUT2D eigenvalue weighted by Crippen LogP contribution is 2.38. The Morgan fingerprint density at radius 3 is 2.70 bits per heavy atom. The quantitative estimate of drug-likeness (QED) is 0.544. The monoisotopic (exact) mass is 453 g/mol. The molecule has 3 N–H and O–H groups in total. The van der Waals surface area contributed by atoms with E-state index >= 15 is 0 Å². The fourth-order valence-corrected chi connectivity index (χ4v) is 5.01. The van der Waals surface area contributed by atoms with Crippen LogP contribution in [-0.2, 0) is 0 Å². The number of anilines is 3. The van der Waals surface area contributed by atoms with E-state index in [4.69, 9.17) is 4.74 Å². The number of hydrogen-bond acceptors (Lipinski definition) is 9. The van der Waals surface area contributed by atoms with Gasteiger partial charge in [-0.15, -0.1) is 5.10 Å². The SMILES string of the molecule is CC1Oc2ccc(Nc3ncc(F)c(NC4CC(C)(C)NC(C)(C)C4)n3)cc2-c2nnnn21. The lowest BCUT2D eigenvalue weighted by Gasteiger charge is -2.46. The van der Waals surface area contributed by atoms with Gasteiger partial charge in [0.2, 0.25) is 5.95 Å². The van der Waals surface area contributed by atoms with Gasteiger partial charge in [-0.25, -0.2) is 9.37 Å². The van der Waals surface area contributed by atoms with Gasteiger partial charge in [0.05, 0.1) is 11.8 Å². The minimum Gasteiger partial charge on any atom is -0.468 e. The molecule has 0 spiro atoms. The van der Waals surface area contributed by atoms with Gasteiger partial charge in [-0.3, -0.25) is 0 Å². The zero-order chi connectivity index (χ0) is 23.4. The summed E-state index contributed by atoms with van der Waals surface area (Å²) in [5.74, 6) is 1.29. The lowest BCUT2D eigenvalue weighted by molar-refractivity contribution is 0.130. The van der Waals surface area contributed by atoms with Crippen molar-refractivity contribution in [3.8, 4) is 17.1 Å². The van der Waals surface area contributed by atoms with Crippen molar-refractivity contribution in [2.75, 3.05) is 10.6 Å². The first-order valence-electron chi connectivity index (χ1n) is 11.0. The number of halogens is 1. The maximum atomic E-state index is 14.6. The molecule has 10 nitrogen and oxygen atoms in total. The molecule has 11 heteroatoms. The van der Waals surface area contributed by atoms with Gasteiger partial charge in [0.1, 0.15) is 5.75 Å². The molecule has 0 radical (unpaired) electrons. The molecule has 2 aromatic heterocycles. The second-order valence-corrected chi connectivity index (χ2v) is 10.0. The van der Waals surface area contributed by atoms with E-state index in [-0.39, 0.29) is 35.1 Å². The van der Waals surface area contributed by atoms with E-state index in [0.29, 0.717) is 17.3 Å². The Balaban J connectivity index is 1.37. The summed E-state index contributed by atoms with van der Waals surface area (Å²) in [4.78, 5) is 8.53. The Labute approximate surface area is 191 Å². The van der Waals surface area contributed by atoms with Crippen LogP contribution >= 0.6 is 0 Å². The molecule has 2 aliphatic rings. The summed E-state index contributed by atoms with van der Waals surface area (Å²) in [7, 11) is 0. The van der Waals surface area contributed by atoms with Crippen LogP contribution in [0.5, 0.6) is 5.75 Å². The largest absolute Gasteiger partial charge is 0.468 e. The Morgan fingerprint density at radius 1 is 1.18 bits per heavy atom. The lowest BCUT2D eigenvalue weighted by Crippen LogP contribution is -2.60. The molecule has 1 unspecified atom stereocenters. The molecule has 1 atom stereocenters. The highest BCUT2D eigenvalue weighted by molar-refractivity contribution is 5.72. The van der Waals surface area contributed by atoms with Crippen molar-refractivity contribution < 1.29 is 9.13 Å². The minimum absolute atomic E-state index is 0.0673. The number of piperidine rings is 1. The third-order valence-corrected chi connectivity index (χ3v) is 5.89. The van der Waals surface area contributed by atoms with E-state index in [1.165, 1.54) is 6.20 Å². The van der Waals surface area contributed by atoms with Crippen molar-refractivity contribution in [3.05, 3.63) is 30.2 Å². The Kier molecular flexibility index (Phi) is 4.96. The van der Waals surface area contributed by atoms with E-state index in [1.54, 1.807) is 4.68 Å². The van der Waals surface area contributed by atoms with Crippen LogP contribution in [-0.4, -0.2) is 47.3 Å². The van der Waals surface area contributed by atoms with Crippen LogP contribution in [0.3, 0.4) is 0 Å². The smallest absolute Gasteiger partial charge is 0.229 e. The molecule has 2 aliphatic heterocycles. The number of tetrazole rings is 1. The van der Waals surface area contributed by atoms with Crippen LogP contribution in [0.2, 0.25) is 0 Å². The van der Waals surface area contributed by atoms with Crippen molar-refractivity contribution in [2.24, 2.45) is 0 Å². The molecule has 33 heavy (non-hydrogen) atoms. The number of aromatic nitrogens is 6. The predicted octanol–water partition coefficient (Wildman–Crippen LogP) is 3.64. The Hall–Kier alpha value is -3.34. The number of ether oxygens (including phenoxy) is 1. The predicted molar refractivity (Wildman–Crippen MR) is 122 cm³/mol. The first kappa shape index (κ1) is 21.5. The zero-order valence-electron chi connectivity index (χ0n) is 19.3. The standard InChI is InChI=1S/C22H28FN9O/c1-12-32-19(28-30-31-32)15-8-13(6-7-17(15)33-12)26-20-24-11-16(23)18(27-20)25-14-9-21(2,3)29-22(4,5)10-14/h6-8,11-12,14,29H,9-10H2,1-5H3,(H2,24,25,26,27). The molecule has 0 aliphatic carbocycles. The number of nitrogens with one attached hydrogen (secondary N) is 3. The molecule has 3 aromatic rings. The van der Waals surface area contributed by atoms with Gasteiger partial charge in [-0.05, 0) is 76.1 Å². The van der Waals surface area contributed by atoms with Gasteiger partial charge in [0.25, 0.3) is 0 Å². The van der Waals surface area contributed by atoms with Crippen LogP contribution in [0.15, 0.2) is 24.4 Å². The Morgan fingerprint density at radius 2 is 1.94 bits per heavy atom. The van der Waals surface area contributed by atoms with Gasteiger partial charge in [0.15, 0.2) is 23.7 Å². The average Bonchev–Trinajstić information content (AvgIpc) is 3.20. The van der Waals surface area contributed by atoms with E-state index in [1.807, 2.05) is 25.1 Å². The number of hydrogen-bond donors (Lipinski definition) is 3. The third kappa shape index (κ3) is 4.32. The van der Waals surface area contributed by atoms with Gasteiger partial charge >= 0.3 is 0 Å². The van der Waals surface area contributed by atoms with Gasteiger partial charge in [0, 0.05) is 22.8 Å². The molecule has 1 aromatic carbocycles. The van der Waals surface area contributed by atoms with E-state index in [9.17, 15) is 4.39 Å². The highest BCUT2D eigenvalue weighted by Gasteiger charge is 2.38. The maximum Gasteiger partial charge on any atom is 0.229 e. The molecule has 4 heterocycles. The van der Waals surface area contributed by atoms with Crippen LogP contribution in [0, 0.1) is 5.82 Å².